The number of ether oxygens (including phenoxy) is 1. The lowest BCUT2D eigenvalue weighted by Gasteiger charge is -2.13. The molecule has 0 radical (unpaired) electrons. The Morgan fingerprint density at radius 2 is 1.53 bits per heavy atom. The van der Waals surface area contributed by atoms with Gasteiger partial charge in [-0.05, 0) is 67.6 Å². The van der Waals surface area contributed by atoms with Crippen LogP contribution in [0, 0.1) is 18.8 Å². The third-order valence-electron chi connectivity index (χ3n) is 5.45. The Morgan fingerprint density at radius 1 is 0.816 bits per heavy atom. The molecule has 188 valence electrons. The summed E-state index contributed by atoms with van der Waals surface area (Å²) in [5.74, 6) is 7.28. The zero-order valence-electron chi connectivity index (χ0n) is 20.3. The average molecular weight is 541 g/mol. The fraction of sp³-hybridized carbons (Fsp3) is 0.0667. The first-order valence-corrected chi connectivity index (χ1v) is 11.9. The molecule has 0 bridgehead atoms. The first-order chi connectivity index (χ1) is 18.0. The molecule has 0 saturated carbocycles. The highest BCUT2D eigenvalue weighted by Crippen LogP contribution is 2.35. The molecule has 5 rings (SSSR count). The van der Waals surface area contributed by atoms with E-state index in [1.54, 1.807) is 18.2 Å². The lowest BCUT2D eigenvalue weighted by molar-refractivity contribution is 0.302. The molecule has 1 N–H and O–H groups in total. The molecule has 5 aromatic rings. The Morgan fingerprint density at radius 3 is 2.26 bits per heavy atom. The summed E-state index contributed by atoms with van der Waals surface area (Å²) in [7, 11) is 0. The van der Waals surface area contributed by atoms with Gasteiger partial charge < -0.3 is 4.74 Å². The van der Waals surface area contributed by atoms with Gasteiger partial charge in [-0.3, -0.25) is 9.97 Å². The maximum atomic E-state index is 12.5. The minimum absolute atomic E-state index is 0. The molecule has 8 heteroatoms. The average Bonchev–Trinajstić information content (AvgIpc) is 2.91. The second-order valence-electron chi connectivity index (χ2n) is 8.19. The van der Waals surface area contributed by atoms with Gasteiger partial charge in [0, 0.05) is 22.4 Å². The highest BCUT2D eigenvalue weighted by atomic mass is 35.5. The summed E-state index contributed by atoms with van der Waals surface area (Å²) in [6, 6.07) is 28.2. The molecule has 0 amide bonds. The van der Waals surface area contributed by atoms with E-state index in [9.17, 15) is 4.79 Å². The van der Waals surface area contributed by atoms with E-state index in [0.29, 0.717) is 21.9 Å². The van der Waals surface area contributed by atoms with Gasteiger partial charge in [0.1, 0.15) is 18.2 Å². The van der Waals surface area contributed by atoms with E-state index in [1.165, 1.54) is 0 Å². The van der Waals surface area contributed by atoms with Crippen molar-refractivity contribution in [2.75, 3.05) is 0 Å². The molecule has 2 aromatic heterocycles. The van der Waals surface area contributed by atoms with Gasteiger partial charge in [0.2, 0.25) is 0 Å². The molecule has 0 saturated heterocycles. The molecule has 0 aliphatic heterocycles. The van der Waals surface area contributed by atoms with Crippen LogP contribution >= 0.6 is 24.0 Å². The maximum Gasteiger partial charge on any atom is 0.348 e. The molecule has 38 heavy (non-hydrogen) atoms. The van der Waals surface area contributed by atoms with Crippen molar-refractivity contribution >= 4 is 24.0 Å². The van der Waals surface area contributed by atoms with Crippen molar-refractivity contribution in [2.24, 2.45) is 0 Å². The van der Waals surface area contributed by atoms with Crippen molar-refractivity contribution in [2.45, 2.75) is 13.5 Å². The zero-order chi connectivity index (χ0) is 25.6. The second-order valence-corrected chi connectivity index (χ2v) is 8.60. The lowest BCUT2D eigenvalue weighted by atomic mass is 10.1. The summed E-state index contributed by atoms with van der Waals surface area (Å²) in [5, 5.41) is 0.390. The van der Waals surface area contributed by atoms with Crippen LogP contribution < -0.4 is 10.4 Å². The zero-order valence-corrected chi connectivity index (χ0v) is 21.9. The monoisotopic (exact) mass is 540 g/mol. The van der Waals surface area contributed by atoms with Crippen LogP contribution in [0.2, 0.25) is 5.02 Å². The summed E-state index contributed by atoms with van der Waals surface area (Å²) in [6.07, 6.45) is 0. The fourth-order valence-electron chi connectivity index (χ4n) is 3.69. The second kappa shape index (κ2) is 12.2. The number of halogens is 2. The van der Waals surface area contributed by atoms with Crippen LogP contribution in [0.3, 0.4) is 0 Å². The number of nitrogens with one attached hydrogen (secondary N) is 1. The molecular formula is C30H22Cl2N4O2. The summed E-state index contributed by atoms with van der Waals surface area (Å²) in [4.78, 5) is 28.3. The van der Waals surface area contributed by atoms with E-state index in [4.69, 9.17) is 16.3 Å². The predicted octanol–water partition coefficient (Wildman–Crippen LogP) is 6.26. The van der Waals surface area contributed by atoms with Crippen LogP contribution in [0.1, 0.15) is 22.5 Å². The summed E-state index contributed by atoms with van der Waals surface area (Å²) in [6.45, 7) is 2.16. The summed E-state index contributed by atoms with van der Waals surface area (Å²) in [5.41, 5.74) is 4.06. The number of nitrogens with zero attached hydrogens (tertiary/aromatic N) is 3. The minimum atomic E-state index is -0.542. The number of hydrogen-bond donors (Lipinski definition) is 1. The van der Waals surface area contributed by atoms with Crippen molar-refractivity contribution in [1.82, 2.24) is 19.9 Å². The first kappa shape index (κ1) is 26.6. The van der Waals surface area contributed by atoms with Gasteiger partial charge >= 0.3 is 5.69 Å². The summed E-state index contributed by atoms with van der Waals surface area (Å²) < 4.78 is 6.03. The van der Waals surface area contributed by atoms with Gasteiger partial charge in [0.15, 0.2) is 5.82 Å². The lowest BCUT2D eigenvalue weighted by Crippen LogP contribution is -2.15. The number of aromatic nitrogens is 4. The van der Waals surface area contributed by atoms with Crippen LogP contribution in [-0.4, -0.2) is 19.9 Å². The number of rotatable bonds is 5. The molecule has 0 fully saturated rings. The van der Waals surface area contributed by atoms with Crippen molar-refractivity contribution in [1.29, 1.82) is 0 Å². The molecule has 0 atom stereocenters. The largest absolute Gasteiger partial charge is 0.486 e. The van der Waals surface area contributed by atoms with Crippen LogP contribution in [0.4, 0.5) is 0 Å². The molecule has 0 spiro atoms. The van der Waals surface area contributed by atoms with E-state index < -0.39 is 5.69 Å². The third kappa shape index (κ3) is 6.46. The fourth-order valence-corrected chi connectivity index (χ4v) is 3.94. The van der Waals surface area contributed by atoms with Gasteiger partial charge in [0.05, 0.1) is 16.3 Å². The highest BCUT2D eigenvalue weighted by molar-refractivity contribution is 6.33. The maximum absolute atomic E-state index is 12.5. The van der Waals surface area contributed by atoms with Crippen LogP contribution in [0.25, 0.3) is 22.8 Å². The quantitative estimate of drug-likeness (QED) is 0.266. The van der Waals surface area contributed by atoms with E-state index in [0.717, 1.165) is 22.5 Å². The standard InChI is InChI=1S/C30H21ClN4O2.ClH/c1-20-7-5-10-24(32-20)19-37-26-12-6-11-25(31)27(26)29-33-28(34-30(36)35-29)23-17-15-22(16-18-23)14-13-21-8-3-2-4-9-21;/h2-12,15-18H,19H2,1H3,(H,33,34,35,36);1H. The molecule has 0 aliphatic rings. The summed E-state index contributed by atoms with van der Waals surface area (Å²) >= 11 is 6.53. The SMILES string of the molecule is Cc1cccc(COc2cccc(Cl)c2-c2nc(-c3ccc(C#Cc4ccccc4)cc3)nc(=O)[nH]2)n1.Cl. The molecule has 2 heterocycles. The number of hydrogen-bond acceptors (Lipinski definition) is 5. The Kier molecular flexibility index (Phi) is 8.55. The smallest absolute Gasteiger partial charge is 0.348 e. The normalized spacial score (nSPS) is 10.2. The number of benzene rings is 3. The Hall–Kier alpha value is -4.44. The van der Waals surface area contributed by atoms with E-state index in [1.807, 2.05) is 79.7 Å². The van der Waals surface area contributed by atoms with Crippen molar-refractivity contribution in [3.8, 4) is 40.4 Å². The van der Waals surface area contributed by atoms with Gasteiger partial charge in [0.25, 0.3) is 0 Å². The Bertz CT molecular complexity index is 1680. The van der Waals surface area contributed by atoms with Crippen molar-refractivity contribution < 1.29 is 4.74 Å². The number of H-pyrrole nitrogens is 1. The van der Waals surface area contributed by atoms with Crippen LogP contribution in [-0.2, 0) is 6.61 Å². The minimum Gasteiger partial charge on any atom is -0.486 e. The Balaban J connectivity index is 0.00000336. The molecule has 6 nitrogen and oxygen atoms in total. The number of aryl methyl sites for hydroxylation is 1. The Labute approximate surface area is 231 Å². The van der Waals surface area contributed by atoms with E-state index in [2.05, 4.69) is 31.8 Å². The number of pyridine rings is 1. The van der Waals surface area contributed by atoms with Crippen LogP contribution in [0.15, 0.2) is 95.8 Å². The van der Waals surface area contributed by atoms with Crippen molar-refractivity contribution in [3.63, 3.8) is 0 Å². The van der Waals surface area contributed by atoms with E-state index >= 15 is 0 Å². The third-order valence-corrected chi connectivity index (χ3v) is 5.77. The molecule has 0 aliphatic carbocycles. The van der Waals surface area contributed by atoms with Gasteiger partial charge in [-0.2, -0.15) is 4.98 Å². The van der Waals surface area contributed by atoms with Gasteiger partial charge in [-0.25, -0.2) is 9.78 Å². The van der Waals surface area contributed by atoms with Gasteiger partial charge in [-0.15, -0.1) is 12.4 Å². The van der Waals surface area contributed by atoms with E-state index in [-0.39, 0.29) is 30.7 Å². The van der Waals surface area contributed by atoms with Gasteiger partial charge in [-0.1, -0.05) is 53.8 Å². The highest BCUT2D eigenvalue weighted by Gasteiger charge is 2.16. The van der Waals surface area contributed by atoms with Crippen LogP contribution in [0.5, 0.6) is 5.75 Å². The molecular weight excluding hydrogens is 519 g/mol. The molecule has 3 aromatic carbocycles. The topological polar surface area (TPSA) is 80.8 Å². The number of aromatic amines is 1. The first-order valence-electron chi connectivity index (χ1n) is 11.6. The predicted molar refractivity (Wildman–Crippen MR) is 152 cm³/mol. The van der Waals surface area contributed by atoms with Crippen molar-refractivity contribution in [3.05, 3.63) is 129 Å². The molecule has 0 unspecified atom stereocenters.